The average molecular weight is 405 g/mol. The van der Waals surface area contributed by atoms with Gasteiger partial charge in [-0.25, -0.2) is 9.36 Å². The highest BCUT2D eigenvalue weighted by atomic mass is 31.2. The molecule has 1 fully saturated rings. The molecule has 0 aromatic rings. The van der Waals surface area contributed by atoms with Crippen LogP contribution in [0.15, 0.2) is 0 Å². The minimum atomic E-state index is -5.27. The van der Waals surface area contributed by atoms with Crippen molar-refractivity contribution in [3.8, 4) is 0 Å². The van der Waals surface area contributed by atoms with Gasteiger partial charge in [0, 0.05) is 13.3 Å². The second-order valence-corrected chi connectivity index (χ2v) is 6.83. The molecule has 0 spiro atoms. The number of carboxylic acids is 1. The topological polar surface area (TPSA) is 244 Å². The third-order valence-electron chi connectivity index (χ3n) is 3.51. The summed E-state index contributed by atoms with van der Waals surface area (Å²) in [5.74, 6) is -5.71. The smallest absolute Gasteiger partial charge is 0.472 e. The Morgan fingerprint density at radius 1 is 1.31 bits per heavy atom. The number of aliphatic hydroxyl groups is 5. The van der Waals surface area contributed by atoms with Crippen LogP contribution < -0.4 is 5.32 Å². The molecular formula is C11H20NO13P. The van der Waals surface area contributed by atoms with Gasteiger partial charge in [-0.2, -0.15) is 0 Å². The second kappa shape index (κ2) is 8.22. The normalized spacial score (nSPS) is 33.2. The highest BCUT2D eigenvalue weighted by Gasteiger charge is 2.54. The summed E-state index contributed by atoms with van der Waals surface area (Å²) in [4.78, 5) is 39.5. The third-order valence-corrected chi connectivity index (χ3v) is 4.00. The van der Waals surface area contributed by atoms with Crippen LogP contribution in [-0.4, -0.2) is 94.8 Å². The molecule has 0 radical (unpaired) electrons. The summed E-state index contributed by atoms with van der Waals surface area (Å²) in [6.45, 7) is 1.01. The summed E-state index contributed by atoms with van der Waals surface area (Å²) < 4.78 is 19.2. The number of phosphoric ester groups is 1. The monoisotopic (exact) mass is 405 g/mol. The molecule has 152 valence electrons. The summed E-state index contributed by atoms with van der Waals surface area (Å²) in [5.41, 5.74) is 0. The minimum absolute atomic E-state index is 0.753. The molecule has 0 bridgehead atoms. The number of hydrogen-bond acceptors (Lipinski definition) is 10. The van der Waals surface area contributed by atoms with Crippen molar-refractivity contribution in [3.63, 3.8) is 0 Å². The minimum Gasteiger partial charge on any atom is -0.477 e. The lowest BCUT2D eigenvalue weighted by molar-refractivity contribution is -0.300. The van der Waals surface area contributed by atoms with Gasteiger partial charge in [0.25, 0.3) is 5.79 Å². The quantitative estimate of drug-likeness (QED) is 0.143. The number of aliphatic hydroxyl groups excluding tert-OH is 4. The van der Waals surface area contributed by atoms with E-state index in [1.807, 2.05) is 0 Å². The van der Waals surface area contributed by atoms with Crippen LogP contribution in [0.2, 0.25) is 0 Å². The van der Waals surface area contributed by atoms with Crippen molar-refractivity contribution < 1.29 is 63.8 Å². The Morgan fingerprint density at radius 2 is 1.85 bits per heavy atom. The van der Waals surface area contributed by atoms with Crippen molar-refractivity contribution in [1.82, 2.24) is 5.32 Å². The van der Waals surface area contributed by atoms with Crippen molar-refractivity contribution >= 4 is 19.7 Å². The van der Waals surface area contributed by atoms with Crippen LogP contribution in [0, 0.1) is 0 Å². The largest absolute Gasteiger partial charge is 0.477 e. The summed E-state index contributed by atoms with van der Waals surface area (Å²) in [7, 11) is -5.27. The molecule has 0 aromatic heterocycles. The zero-order valence-corrected chi connectivity index (χ0v) is 14.1. The van der Waals surface area contributed by atoms with E-state index in [0.29, 0.717) is 0 Å². The number of carbonyl (C=O) groups excluding carboxylic acids is 1. The van der Waals surface area contributed by atoms with Gasteiger partial charge in [-0.05, 0) is 0 Å². The molecule has 0 saturated carbocycles. The number of rotatable bonds is 7. The fraction of sp³-hybridized carbons (Fsp3) is 0.818. The molecule has 14 nitrogen and oxygen atoms in total. The lowest BCUT2D eigenvalue weighted by Crippen LogP contribution is -2.67. The lowest BCUT2D eigenvalue weighted by Gasteiger charge is -2.45. The van der Waals surface area contributed by atoms with Crippen LogP contribution in [0.4, 0.5) is 0 Å². The van der Waals surface area contributed by atoms with E-state index in [0.717, 1.165) is 6.92 Å². The van der Waals surface area contributed by atoms with Crippen molar-refractivity contribution in [3.05, 3.63) is 0 Å². The van der Waals surface area contributed by atoms with Gasteiger partial charge in [0.15, 0.2) is 6.29 Å². The van der Waals surface area contributed by atoms with Crippen LogP contribution in [0.1, 0.15) is 13.3 Å². The highest BCUT2D eigenvalue weighted by molar-refractivity contribution is 7.46. The molecule has 1 heterocycles. The van der Waals surface area contributed by atoms with Gasteiger partial charge in [-0.3, -0.25) is 9.32 Å². The van der Waals surface area contributed by atoms with E-state index in [4.69, 9.17) is 19.6 Å². The van der Waals surface area contributed by atoms with Crippen molar-refractivity contribution in [1.29, 1.82) is 0 Å². The predicted molar refractivity (Wildman–Crippen MR) is 76.8 cm³/mol. The molecule has 1 aliphatic heterocycles. The number of nitrogens with one attached hydrogen (secondary N) is 1. The van der Waals surface area contributed by atoms with Gasteiger partial charge in [0.05, 0.1) is 12.1 Å². The fourth-order valence-corrected chi connectivity index (χ4v) is 2.78. The average Bonchev–Trinajstić information content (AvgIpc) is 2.46. The predicted octanol–water partition coefficient (Wildman–Crippen LogP) is -4.44. The SMILES string of the molecule is CC(=O)N[C@@H]1[C@@H](O)C[C@](O)(C(=O)O)O[C@H]1C(O)[C@H](O)C(O)OP(=O)(O)O. The van der Waals surface area contributed by atoms with E-state index in [1.165, 1.54) is 0 Å². The van der Waals surface area contributed by atoms with Crippen molar-refractivity contribution in [2.24, 2.45) is 0 Å². The lowest BCUT2D eigenvalue weighted by atomic mass is 9.88. The Labute approximate surface area is 145 Å². The van der Waals surface area contributed by atoms with E-state index in [9.17, 15) is 39.7 Å². The van der Waals surface area contributed by atoms with Gasteiger partial charge < -0.3 is 50.5 Å². The molecule has 1 aliphatic rings. The van der Waals surface area contributed by atoms with Crippen molar-refractivity contribution in [2.45, 2.75) is 55.9 Å². The van der Waals surface area contributed by atoms with Crippen LogP contribution in [0.5, 0.6) is 0 Å². The van der Waals surface area contributed by atoms with Gasteiger partial charge in [-0.15, -0.1) is 0 Å². The third kappa shape index (κ3) is 5.65. The molecule has 9 N–H and O–H groups in total. The Hall–Kier alpha value is -1.19. The summed E-state index contributed by atoms with van der Waals surface area (Å²) >= 11 is 0. The van der Waals surface area contributed by atoms with E-state index >= 15 is 0 Å². The molecule has 2 unspecified atom stereocenters. The molecule has 1 saturated heterocycles. The van der Waals surface area contributed by atoms with Crippen molar-refractivity contribution in [2.75, 3.05) is 0 Å². The standard InChI is InChI=1S/C11H20NO13P/c1-3(13)12-5-4(14)2-11(20,10(18)19)24-8(5)6(15)7(16)9(17)25-26(21,22)23/h4-9,14-17,20H,2H2,1H3,(H,12,13)(H,18,19)(H2,21,22,23)/t4-,5+,6?,7-,8+,9?,11+/m0/s1. The van der Waals surface area contributed by atoms with E-state index in [2.05, 4.69) is 9.84 Å². The van der Waals surface area contributed by atoms with Crippen LogP contribution in [-0.2, 0) is 23.4 Å². The van der Waals surface area contributed by atoms with Crippen LogP contribution in [0.3, 0.4) is 0 Å². The van der Waals surface area contributed by atoms with Crippen LogP contribution in [0.25, 0.3) is 0 Å². The Morgan fingerprint density at radius 3 is 2.27 bits per heavy atom. The first-order valence-electron chi connectivity index (χ1n) is 7.05. The Balaban J connectivity index is 3.11. The van der Waals surface area contributed by atoms with Crippen LogP contribution >= 0.6 is 7.82 Å². The van der Waals surface area contributed by atoms with Gasteiger partial charge >= 0.3 is 13.8 Å². The summed E-state index contributed by atoms with van der Waals surface area (Å²) in [6.07, 6.45) is -12.2. The van der Waals surface area contributed by atoms with E-state index < -0.39 is 68.7 Å². The van der Waals surface area contributed by atoms with Gasteiger partial charge in [0.1, 0.15) is 18.3 Å². The first-order valence-corrected chi connectivity index (χ1v) is 8.58. The number of aliphatic carboxylic acids is 1. The van der Waals surface area contributed by atoms with Gasteiger partial charge in [0.2, 0.25) is 5.91 Å². The van der Waals surface area contributed by atoms with Gasteiger partial charge in [-0.1, -0.05) is 0 Å². The number of carbonyl (C=O) groups is 2. The maximum atomic E-state index is 11.2. The number of amides is 1. The zero-order chi connectivity index (χ0) is 20.4. The molecular weight excluding hydrogens is 385 g/mol. The van der Waals surface area contributed by atoms with E-state index in [-0.39, 0.29) is 0 Å². The molecule has 1 rings (SSSR count). The summed E-state index contributed by atoms with van der Waals surface area (Å²) in [5, 5.41) is 60.3. The number of ether oxygens (including phenoxy) is 1. The maximum Gasteiger partial charge on any atom is 0.472 e. The number of phosphoric acid groups is 1. The number of hydrogen-bond donors (Lipinski definition) is 9. The Bertz CT molecular complexity index is 580. The fourth-order valence-electron chi connectivity index (χ4n) is 2.37. The first kappa shape index (κ1) is 22.9. The van der Waals surface area contributed by atoms with E-state index in [1.54, 1.807) is 0 Å². The highest BCUT2D eigenvalue weighted by Crippen LogP contribution is 2.38. The zero-order valence-electron chi connectivity index (χ0n) is 13.2. The Kier molecular flexibility index (Phi) is 7.23. The molecule has 1 amide bonds. The molecule has 0 aromatic carbocycles. The maximum absolute atomic E-state index is 11.2. The molecule has 15 heteroatoms. The number of carboxylic acid groups (broad SMARTS) is 1. The first-order chi connectivity index (χ1) is 11.7. The second-order valence-electron chi connectivity index (χ2n) is 5.64. The molecule has 0 aliphatic carbocycles. The molecule has 26 heavy (non-hydrogen) atoms. The summed E-state index contributed by atoms with van der Waals surface area (Å²) in [6, 6.07) is -1.54. The molecule has 7 atom stereocenters.